The van der Waals surface area contributed by atoms with Gasteiger partial charge in [0, 0.05) is 45.3 Å². The van der Waals surface area contributed by atoms with Gasteiger partial charge in [0.1, 0.15) is 0 Å². The van der Waals surface area contributed by atoms with E-state index in [-0.39, 0.29) is 42.6 Å². The lowest BCUT2D eigenvalue weighted by molar-refractivity contribution is -0.139. The molecule has 142 valence electrons. The molecule has 7 nitrogen and oxygen atoms in total. The molecule has 1 fully saturated rings. The topological polar surface area (TPSA) is 79.3 Å². The molecule has 2 rings (SSSR count). The van der Waals surface area contributed by atoms with Crippen LogP contribution in [-0.2, 0) is 16.6 Å². The quantitative estimate of drug-likeness (QED) is 0.712. The molecule has 1 aliphatic rings. The van der Waals surface area contributed by atoms with Crippen molar-refractivity contribution in [2.75, 3.05) is 32.7 Å². The third-order valence-corrected chi connectivity index (χ3v) is 4.40. The molecule has 8 heteroatoms. The highest BCUT2D eigenvalue weighted by Gasteiger charge is 2.37. The molecule has 0 spiro atoms. The molecular formula is C17H30ClN5O2. The van der Waals surface area contributed by atoms with Gasteiger partial charge in [0.15, 0.2) is 0 Å². The van der Waals surface area contributed by atoms with E-state index in [1.807, 2.05) is 33.3 Å². The maximum Gasteiger partial charge on any atom is 0.239 e. The summed E-state index contributed by atoms with van der Waals surface area (Å²) >= 11 is 0. The van der Waals surface area contributed by atoms with E-state index in [0.717, 1.165) is 24.9 Å². The van der Waals surface area contributed by atoms with Crippen LogP contribution in [0.15, 0.2) is 12.4 Å². The zero-order valence-electron chi connectivity index (χ0n) is 15.3. The van der Waals surface area contributed by atoms with Crippen molar-refractivity contribution in [1.29, 1.82) is 0 Å². The Morgan fingerprint density at radius 3 is 2.72 bits per heavy atom. The van der Waals surface area contributed by atoms with Gasteiger partial charge in [-0.2, -0.15) is 5.10 Å². The van der Waals surface area contributed by atoms with Crippen molar-refractivity contribution < 1.29 is 9.59 Å². The Kier molecular flexibility index (Phi) is 8.92. The first kappa shape index (κ1) is 21.4. The highest BCUT2D eigenvalue weighted by atomic mass is 35.5. The monoisotopic (exact) mass is 371 g/mol. The van der Waals surface area contributed by atoms with Crippen LogP contribution in [0.5, 0.6) is 0 Å². The maximum atomic E-state index is 13.0. The number of aryl methyl sites for hydroxylation is 1. The molecule has 1 aromatic heterocycles. The summed E-state index contributed by atoms with van der Waals surface area (Å²) in [5.74, 6) is -0.0473. The first-order valence-corrected chi connectivity index (χ1v) is 8.81. The van der Waals surface area contributed by atoms with E-state index in [1.54, 1.807) is 9.58 Å². The van der Waals surface area contributed by atoms with Gasteiger partial charge >= 0.3 is 0 Å². The summed E-state index contributed by atoms with van der Waals surface area (Å²) in [5, 5.41) is 10.4. The molecule has 0 unspecified atom stereocenters. The number of nitrogens with one attached hydrogen (secondary N) is 2. The summed E-state index contributed by atoms with van der Waals surface area (Å²) in [4.78, 5) is 26.7. The van der Waals surface area contributed by atoms with Gasteiger partial charge in [0.2, 0.25) is 11.8 Å². The highest BCUT2D eigenvalue weighted by Crippen LogP contribution is 2.29. The molecule has 0 aromatic carbocycles. The van der Waals surface area contributed by atoms with Gasteiger partial charge < -0.3 is 15.5 Å². The second-order valence-corrected chi connectivity index (χ2v) is 6.43. The Bertz CT molecular complexity index is 563. The average molecular weight is 372 g/mol. The van der Waals surface area contributed by atoms with E-state index >= 15 is 0 Å². The molecule has 1 aliphatic heterocycles. The fraction of sp³-hybridized carbons (Fsp3) is 0.706. The molecule has 2 atom stereocenters. The number of carbonyl (C=O) groups is 2. The van der Waals surface area contributed by atoms with Crippen molar-refractivity contribution in [3.8, 4) is 0 Å². The minimum Gasteiger partial charge on any atom is -0.355 e. The predicted molar refractivity (Wildman–Crippen MR) is 99.7 cm³/mol. The lowest BCUT2D eigenvalue weighted by Gasteiger charge is -2.27. The first-order chi connectivity index (χ1) is 11.6. The third kappa shape index (κ3) is 5.71. The number of rotatable bonds is 8. The largest absolute Gasteiger partial charge is 0.355 e. The van der Waals surface area contributed by atoms with E-state index in [1.165, 1.54) is 0 Å². The van der Waals surface area contributed by atoms with E-state index in [9.17, 15) is 9.59 Å². The summed E-state index contributed by atoms with van der Waals surface area (Å²) in [6.07, 6.45) is 5.53. The van der Waals surface area contributed by atoms with Gasteiger partial charge in [-0.05, 0) is 18.4 Å². The number of amides is 2. The number of aromatic nitrogens is 2. The SMILES string of the molecule is CCCNC(=O)CN(CCC)C(=O)[C@H]1CNC[C@@H]1c1cnn(C)c1.Cl. The molecule has 0 bridgehead atoms. The molecule has 0 radical (unpaired) electrons. The molecule has 0 saturated carbocycles. The van der Waals surface area contributed by atoms with E-state index in [4.69, 9.17) is 0 Å². The van der Waals surface area contributed by atoms with Crippen LogP contribution < -0.4 is 10.6 Å². The van der Waals surface area contributed by atoms with Crippen LogP contribution in [0.2, 0.25) is 0 Å². The first-order valence-electron chi connectivity index (χ1n) is 8.81. The molecule has 2 N–H and O–H groups in total. The maximum absolute atomic E-state index is 13.0. The van der Waals surface area contributed by atoms with Crippen molar-refractivity contribution in [3.63, 3.8) is 0 Å². The molecule has 2 heterocycles. The van der Waals surface area contributed by atoms with E-state index < -0.39 is 0 Å². The number of nitrogens with zero attached hydrogens (tertiary/aromatic N) is 3. The number of halogens is 1. The average Bonchev–Trinajstić information content (AvgIpc) is 3.20. The Hall–Kier alpha value is -1.60. The fourth-order valence-corrected chi connectivity index (χ4v) is 3.19. The molecular weight excluding hydrogens is 342 g/mol. The number of carbonyl (C=O) groups excluding carboxylic acids is 2. The second kappa shape index (κ2) is 10.4. The summed E-state index contributed by atoms with van der Waals surface area (Å²) < 4.78 is 1.76. The van der Waals surface area contributed by atoms with E-state index in [2.05, 4.69) is 15.7 Å². The summed E-state index contributed by atoms with van der Waals surface area (Å²) in [6, 6.07) is 0. The summed E-state index contributed by atoms with van der Waals surface area (Å²) in [7, 11) is 1.88. The van der Waals surface area contributed by atoms with Crippen LogP contribution in [0.3, 0.4) is 0 Å². The lowest BCUT2D eigenvalue weighted by Crippen LogP contribution is -2.45. The Balaban J connectivity index is 0.00000312. The molecule has 25 heavy (non-hydrogen) atoms. The summed E-state index contributed by atoms with van der Waals surface area (Å²) in [6.45, 7) is 6.85. The number of hydrogen-bond acceptors (Lipinski definition) is 4. The predicted octanol–water partition coefficient (Wildman–Crippen LogP) is 0.910. The number of hydrogen-bond donors (Lipinski definition) is 2. The van der Waals surface area contributed by atoms with Crippen molar-refractivity contribution in [3.05, 3.63) is 18.0 Å². The fourth-order valence-electron chi connectivity index (χ4n) is 3.19. The molecule has 1 saturated heterocycles. The van der Waals surface area contributed by atoms with Crippen LogP contribution in [0.4, 0.5) is 0 Å². The van der Waals surface area contributed by atoms with Crippen molar-refractivity contribution in [2.45, 2.75) is 32.6 Å². The lowest BCUT2D eigenvalue weighted by atomic mass is 9.89. The standard InChI is InChI=1S/C17H29N5O2.ClH/c1-4-6-19-16(23)12-22(7-5-2)17(24)15-10-18-9-14(15)13-8-20-21(3)11-13;/h8,11,14-15,18H,4-7,9-10,12H2,1-3H3,(H,19,23);1H/t14-,15+;/m1./s1. The normalized spacial score (nSPS) is 19.3. The van der Waals surface area contributed by atoms with E-state index in [0.29, 0.717) is 19.6 Å². The van der Waals surface area contributed by atoms with Crippen LogP contribution in [0.1, 0.15) is 38.2 Å². The molecule has 2 amide bonds. The van der Waals surface area contributed by atoms with Gasteiger partial charge in [-0.15, -0.1) is 12.4 Å². The van der Waals surface area contributed by atoms with Crippen molar-refractivity contribution >= 4 is 24.2 Å². The summed E-state index contributed by atoms with van der Waals surface area (Å²) in [5.41, 5.74) is 1.08. The smallest absolute Gasteiger partial charge is 0.239 e. The Morgan fingerprint density at radius 1 is 1.36 bits per heavy atom. The van der Waals surface area contributed by atoms with Gasteiger partial charge in [0.25, 0.3) is 0 Å². The minimum absolute atomic E-state index is 0. The third-order valence-electron chi connectivity index (χ3n) is 4.40. The Labute approximate surface area is 155 Å². The second-order valence-electron chi connectivity index (χ2n) is 6.43. The zero-order chi connectivity index (χ0) is 17.5. The van der Waals surface area contributed by atoms with Crippen LogP contribution in [0.25, 0.3) is 0 Å². The van der Waals surface area contributed by atoms with Crippen molar-refractivity contribution in [2.24, 2.45) is 13.0 Å². The van der Waals surface area contributed by atoms with Gasteiger partial charge in [-0.25, -0.2) is 0 Å². The minimum atomic E-state index is -0.139. The van der Waals surface area contributed by atoms with Gasteiger partial charge in [-0.3, -0.25) is 14.3 Å². The van der Waals surface area contributed by atoms with Crippen molar-refractivity contribution in [1.82, 2.24) is 25.3 Å². The van der Waals surface area contributed by atoms with Crippen LogP contribution >= 0.6 is 12.4 Å². The zero-order valence-corrected chi connectivity index (χ0v) is 16.1. The van der Waals surface area contributed by atoms with Crippen LogP contribution in [0, 0.1) is 5.92 Å². The van der Waals surface area contributed by atoms with Gasteiger partial charge in [-0.1, -0.05) is 13.8 Å². The van der Waals surface area contributed by atoms with Crippen LogP contribution in [-0.4, -0.2) is 59.2 Å². The highest BCUT2D eigenvalue weighted by molar-refractivity contribution is 5.86. The van der Waals surface area contributed by atoms with Gasteiger partial charge in [0.05, 0.1) is 18.7 Å². The molecule has 0 aliphatic carbocycles. The molecule has 1 aromatic rings. The Morgan fingerprint density at radius 2 is 2.12 bits per heavy atom.